The molecule has 2 nitrogen and oxygen atoms in total. The molecule has 1 fully saturated rings. The summed E-state index contributed by atoms with van der Waals surface area (Å²) in [5, 5.41) is 0. The second kappa shape index (κ2) is 2.23. The molecule has 0 amide bonds. The van der Waals surface area contributed by atoms with Gasteiger partial charge in [0.1, 0.15) is 0 Å². The highest BCUT2D eigenvalue weighted by Gasteiger charge is 2.09. The summed E-state index contributed by atoms with van der Waals surface area (Å²) < 4.78 is 0. The van der Waals surface area contributed by atoms with Crippen LogP contribution in [0.1, 0.15) is 13.8 Å². The smallest absolute Gasteiger partial charge is 0.0513 e. The highest BCUT2D eigenvalue weighted by Crippen LogP contribution is 2.11. The fourth-order valence-corrected chi connectivity index (χ4v) is 0.895. The topological polar surface area (TPSA) is 24.1 Å². The van der Waals surface area contributed by atoms with E-state index in [0.717, 1.165) is 17.8 Å². The van der Waals surface area contributed by atoms with Gasteiger partial charge in [-0.3, -0.25) is 0 Å². The number of hydrogen-bond donors (Lipinski definition) is 2. The SMILES string of the molecule is C=C1CNNC1=C(C)C. The molecule has 1 saturated heterocycles. The van der Waals surface area contributed by atoms with Gasteiger partial charge in [0.15, 0.2) is 0 Å². The van der Waals surface area contributed by atoms with Gasteiger partial charge in [0.05, 0.1) is 5.70 Å². The highest BCUT2D eigenvalue weighted by molar-refractivity contribution is 5.33. The van der Waals surface area contributed by atoms with Gasteiger partial charge in [0.25, 0.3) is 0 Å². The Morgan fingerprint density at radius 2 is 2.22 bits per heavy atom. The summed E-state index contributed by atoms with van der Waals surface area (Å²) in [4.78, 5) is 0. The zero-order valence-corrected chi connectivity index (χ0v) is 5.91. The van der Waals surface area contributed by atoms with Crippen LogP contribution < -0.4 is 10.9 Å². The molecule has 1 rings (SSSR count). The minimum Gasteiger partial charge on any atom is -0.321 e. The van der Waals surface area contributed by atoms with Crippen molar-refractivity contribution in [3.8, 4) is 0 Å². The zero-order valence-electron chi connectivity index (χ0n) is 5.91. The first-order valence-corrected chi connectivity index (χ1v) is 3.06. The van der Waals surface area contributed by atoms with Gasteiger partial charge in [-0.05, 0) is 19.4 Å². The molecule has 2 N–H and O–H groups in total. The van der Waals surface area contributed by atoms with E-state index in [-0.39, 0.29) is 0 Å². The van der Waals surface area contributed by atoms with Crippen LogP contribution in [0.5, 0.6) is 0 Å². The van der Waals surface area contributed by atoms with Gasteiger partial charge < -0.3 is 5.43 Å². The minimum atomic E-state index is 0.862. The van der Waals surface area contributed by atoms with Crippen molar-refractivity contribution >= 4 is 0 Å². The minimum absolute atomic E-state index is 0.862. The van der Waals surface area contributed by atoms with E-state index >= 15 is 0 Å². The normalized spacial score (nSPS) is 18.0. The first-order chi connectivity index (χ1) is 4.22. The third-order valence-electron chi connectivity index (χ3n) is 1.37. The van der Waals surface area contributed by atoms with Crippen LogP contribution in [0.2, 0.25) is 0 Å². The van der Waals surface area contributed by atoms with Gasteiger partial charge in [0.2, 0.25) is 0 Å². The van der Waals surface area contributed by atoms with Crippen molar-refractivity contribution in [3.05, 3.63) is 23.4 Å². The van der Waals surface area contributed by atoms with Crippen molar-refractivity contribution in [1.29, 1.82) is 0 Å². The lowest BCUT2D eigenvalue weighted by Gasteiger charge is -1.99. The number of hydrazine groups is 1. The molecule has 0 bridgehead atoms. The molecular weight excluding hydrogens is 112 g/mol. The Hall–Kier alpha value is -0.760. The van der Waals surface area contributed by atoms with Crippen LogP contribution >= 0.6 is 0 Å². The van der Waals surface area contributed by atoms with Crippen LogP contribution in [-0.4, -0.2) is 6.54 Å². The molecule has 50 valence electrons. The standard InChI is InChI=1S/C7H12N2/c1-5(2)7-6(3)4-8-9-7/h8-9H,3-4H2,1-2H3. The van der Waals surface area contributed by atoms with Crippen LogP contribution in [0.25, 0.3) is 0 Å². The Morgan fingerprint density at radius 1 is 1.56 bits per heavy atom. The van der Waals surface area contributed by atoms with Crippen molar-refractivity contribution in [2.24, 2.45) is 0 Å². The summed E-state index contributed by atoms with van der Waals surface area (Å²) in [5.74, 6) is 0. The number of hydrogen-bond acceptors (Lipinski definition) is 2. The highest BCUT2D eigenvalue weighted by atomic mass is 15.4. The Labute approximate surface area is 55.6 Å². The maximum Gasteiger partial charge on any atom is 0.0513 e. The van der Waals surface area contributed by atoms with E-state index in [1.165, 1.54) is 5.57 Å². The Kier molecular flexibility index (Phi) is 1.58. The Bertz CT molecular complexity index is 164. The summed E-state index contributed by atoms with van der Waals surface area (Å²) in [5.41, 5.74) is 9.62. The molecule has 1 aliphatic rings. The van der Waals surface area contributed by atoms with Gasteiger partial charge in [0, 0.05) is 6.54 Å². The lowest BCUT2D eigenvalue weighted by atomic mass is 10.2. The van der Waals surface area contributed by atoms with E-state index in [2.05, 4.69) is 31.3 Å². The van der Waals surface area contributed by atoms with E-state index in [9.17, 15) is 0 Å². The summed E-state index contributed by atoms with van der Waals surface area (Å²) >= 11 is 0. The molecule has 9 heavy (non-hydrogen) atoms. The molecule has 1 aliphatic heterocycles. The zero-order chi connectivity index (χ0) is 6.85. The lowest BCUT2D eigenvalue weighted by molar-refractivity contribution is 0.722. The van der Waals surface area contributed by atoms with Crippen LogP contribution in [0, 0.1) is 0 Å². The van der Waals surface area contributed by atoms with Crippen LogP contribution in [-0.2, 0) is 0 Å². The van der Waals surface area contributed by atoms with Gasteiger partial charge >= 0.3 is 0 Å². The third kappa shape index (κ3) is 1.13. The molecule has 1 heterocycles. The van der Waals surface area contributed by atoms with Crippen LogP contribution in [0.3, 0.4) is 0 Å². The van der Waals surface area contributed by atoms with Crippen molar-refractivity contribution in [1.82, 2.24) is 10.9 Å². The second-order valence-corrected chi connectivity index (χ2v) is 2.46. The first-order valence-electron chi connectivity index (χ1n) is 3.06. The van der Waals surface area contributed by atoms with E-state index in [1.807, 2.05) is 0 Å². The lowest BCUT2D eigenvalue weighted by Crippen LogP contribution is -2.21. The maximum atomic E-state index is 3.87. The molecule has 2 heteroatoms. The Balaban J connectivity index is 2.83. The maximum absolute atomic E-state index is 3.87. The molecule has 0 radical (unpaired) electrons. The molecule has 0 aromatic rings. The summed E-state index contributed by atoms with van der Waals surface area (Å²) in [7, 11) is 0. The fourth-order valence-electron chi connectivity index (χ4n) is 0.895. The molecule has 0 aliphatic carbocycles. The van der Waals surface area contributed by atoms with E-state index in [0.29, 0.717) is 0 Å². The van der Waals surface area contributed by atoms with Gasteiger partial charge in [-0.1, -0.05) is 12.2 Å². The second-order valence-electron chi connectivity index (χ2n) is 2.46. The molecule has 0 unspecified atom stereocenters. The number of nitrogens with one attached hydrogen (secondary N) is 2. The average molecular weight is 124 g/mol. The van der Waals surface area contributed by atoms with Crippen molar-refractivity contribution in [3.63, 3.8) is 0 Å². The summed E-state index contributed by atoms with van der Waals surface area (Å²) in [6, 6.07) is 0. The molecular formula is C7H12N2. The van der Waals surface area contributed by atoms with E-state index < -0.39 is 0 Å². The van der Waals surface area contributed by atoms with Crippen LogP contribution in [0.15, 0.2) is 23.4 Å². The molecule has 0 spiro atoms. The van der Waals surface area contributed by atoms with E-state index in [1.54, 1.807) is 0 Å². The predicted octanol–water partition coefficient (Wildman–Crippen LogP) is 0.944. The first kappa shape index (κ1) is 6.36. The van der Waals surface area contributed by atoms with Crippen molar-refractivity contribution < 1.29 is 0 Å². The quantitative estimate of drug-likeness (QED) is 0.502. The number of rotatable bonds is 0. The summed E-state index contributed by atoms with van der Waals surface area (Å²) in [6.45, 7) is 8.88. The summed E-state index contributed by atoms with van der Waals surface area (Å²) in [6.07, 6.45) is 0. The fraction of sp³-hybridized carbons (Fsp3) is 0.429. The monoisotopic (exact) mass is 124 g/mol. The van der Waals surface area contributed by atoms with Crippen LogP contribution in [0.4, 0.5) is 0 Å². The average Bonchev–Trinajstić information content (AvgIpc) is 2.13. The molecule has 0 atom stereocenters. The predicted molar refractivity (Wildman–Crippen MR) is 38.7 cm³/mol. The largest absolute Gasteiger partial charge is 0.321 e. The third-order valence-corrected chi connectivity index (χ3v) is 1.37. The molecule has 0 aromatic heterocycles. The van der Waals surface area contributed by atoms with E-state index in [4.69, 9.17) is 0 Å². The van der Waals surface area contributed by atoms with Crippen molar-refractivity contribution in [2.75, 3.05) is 6.54 Å². The van der Waals surface area contributed by atoms with Crippen molar-refractivity contribution in [2.45, 2.75) is 13.8 Å². The Morgan fingerprint density at radius 3 is 2.44 bits per heavy atom. The van der Waals surface area contributed by atoms with Gasteiger partial charge in [-0.2, -0.15) is 0 Å². The number of allylic oxidation sites excluding steroid dienone is 1. The molecule has 0 aromatic carbocycles. The van der Waals surface area contributed by atoms with Gasteiger partial charge in [-0.15, -0.1) is 0 Å². The molecule has 0 saturated carbocycles. The van der Waals surface area contributed by atoms with Gasteiger partial charge in [-0.25, -0.2) is 5.43 Å².